The maximum absolute atomic E-state index is 12.2. The lowest BCUT2D eigenvalue weighted by Crippen LogP contribution is -2.47. The van der Waals surface area contributed by atoms with E-state index in [1.165, 1.54) is 44.9 Å². The Morgan fingerprint density at radius 1 is 1.17 bits per heavy atom. The van der Waals surface area contributed by atoms with Crippen LogP contribution in [0.1, 0.15) is 50.5 Å². The normalized spacial score (nSPS) is 33.5. The van der Waals surface area contributed by atoms with E-state index >= 15 is 0 Å². The summed E-state index contributed by atoms with van der Waals surface area (Å²) in [6.45, 7) is 0.842. The molecule has 0 unspecified atom stereocenters. The van der Waals surface area contributed by atoms with E-state index in [4.69, 9.17) is 4.74 Å². The molecule has 3 heteroatoms. The zero-order valence-corrected chi connectivity index (χ0v) is 14.7. The molecule has 4 aliphatic rings. The number of rotatable bonds is 6. The molecule has 24 heavy (non-hydrogen) atoms. The molecule has 5 rings (SSSR count). The number of hydrogen-bond acceptors (Lipinski definition) is 2. The molecular weight excluding hydrogens is 298 g/mol. The minimum absolute atomic E-state index is 0.132. The Morgan fingerprint density at radius 3 is 2.46 bits per heavy atom. The SMILES string of the molecule is COc1cccc(CC(=O)NCCC23CC4CC(CC(C4)C2)C3)c1. The second-order valence-corrected chi connectivity index (χ2v) is 8.55. The standard InChI is InChI=1S/C21H29NO2/c1-24-19-4-2-3-15(10-19)11-20(23)22-6-5-21-12-16-7-17(13-21)9-18(8-16)14-21/h2-4,10,16-18H,5-9,11-14H2,1H3,(H,22,23). The fourth-order valence-corrected chi connectivity index (χ4v) is 6.09. The summed E-state index contributed by atoms with van der Waals surface area (Å²) in [5, 5.41) is 3.16. The van der Waals surface area contributed by atoms with Crippen molar-refractivity contribution in [2.45, 2.75) is 51.4 Å². The largest absolute Gasteiger partial charge is 0.497 e. The van der Waals surface area contributed by atoms with Gasteiger partial charge in [-0.25, -0.2) is 0 Å². The Balaban J connectivity index is 1.27. The fourth-order valence-electron chi connectivity index (χ4n) is 6.09. The molecular formula is C21H29NO2. The molecule has 1 amide bonds. The molecule has 0 aromatic heterocycles. The van der Waals surface area contributed by atoms with Gasteiger partial charge in [-0.2, -0.15) is 0 Å². The predicted molar refractivity (Wildman–Crippen MR) is 94.9 cm³/mol. The van der Waals surface area contributed by atoms with E-state index in [2.05, 4.69) is 5.32 Å². The van der Waals surface area contributed by atoms with Crippen LogP contribution in [0.2, 0.25) is 0 Å². The summed E-state index contributed by atoms with van der Waals surface area (Å²) in [7, 11) is 1.66. The van der Waals surface area contributed by atoms with Crippen LogP contribution in [0.5, 0.6) is 5.75 Å². The van der Waals surface area contributed by atoms with Crippen molar-refractivity contribution in [3.8, 4) is 5.75 Å². The molecule has 0 spiro atoms. The summed E-state index contributed by atoms with van der Waals surface area (Å²) < 4.78 is 5.22. The van der Waals surface area contributed by atoms with Crippen LogP contribution in [0.4, 0.5) is 0 Å². The van der Waals surface area contributed by atoms with E-state index in [1.54, 1.807) is 7.11 Å². The maximum Gasteiger partial charge on any atom is 0.224 e. The zero-order chi connectivity index (χ0) is 16.6. The second-order valence-electron chi connectivity index (χ2n) is 8.55. The molecule has 0 aliphatic heterocycles. The quantitative estimate of drug-likeness (QED) is 0.859. The van der Waals surface area contributed by atoms with Crippen molar-refractivity contribution >= 4 is 5.91 Å². The van der Waals surface area contributed by atoms with Crippen LogP contribution < -0.4 is 10.1 Å². The average molecular weight is 327 g/mol. The Bertz CT molecular complexity index is 574. The average Bonchev–Trinajstić information content (AvgIpc) is 2.53. The Morgan fingerprint density at radius 2 is 1.83 bits per heavy atom. The van der Waals surface area contributed by atoms with Gasteiger partial charge in [0.2, 0.25) is 5.91 Å². The van der Waals surface area contributed by atoms with Crippen LogP contribution >= 0.6 is 0 Å². The number of carbonyl (C=O) groups excluding carboxylic acids is 1. The number of nitrogens with one attached hydrogen (secondary N) is 1. The van der Waals surface area contributed by atoms with Crippen molar-refractivity contribution in [3.63, 3.8) is 0 Å². The smallest absolute Gasteiger partial charge is 0.224 e. The van der Waals surface area contributed by atoms with E-state index in [0.29, 0.717) is 11.8 Å². The monoisotopic (exact) mass is 327 g/mol. The van der Waals surface area contributed by atoms with E-state index in [-0.39, 0.29) is 5.91 Å². The number of carbonyl (C=O) groups is 1. The summed E-state index contributed by atoms with van der Waals surface area (Å²) >= 11 is 0. The van der Waals surface area contributed by atoms with Gasteiger partial charge in [0.1, 0.15) is 5.75 Å². The van der Waals surface area contributed by atoms with Crippen molar-refractivity contribution < 1.29 is 9.53 Å². The third-order valence-corrected chi connectivity index (χ3v) is 6.64. The molecule has 0 heterocycles. The van der Waals surface area contributed by atoms with Crippen molar-refractivity contribution in [3.05, 3.63) is 29.8 Å². The third kappa shape index (κ3) is 3.31. The van der Waals surface area contributed by atoms with Gasteiger partial charge in [0.25, 0.3) is 0 Å². The molecule has 1 N–H and O–H groups in total. The van der Waals surface area contributed by atoms with Crippen LogP contribution in [0.3, 0.4) is 0 Å². The highest BCUT2D eigenvalue weighted by atomic mass is 16.5. The van der Waals surface area contributed by atoms with Crippen LogP contribution in [-0.2, 0) is 11.2 Å². The number of methoxy groups -OCH3 is 1. The number of benzene rings is 1. The highest BCUT2D eigenvalue weighted by Gasteiger charge is 2.50. The predicted octanol–water partition coefficient (Wildman–Crippen LogP) is 3.96. The summed E-state index contributed by atoms with van der Waals surface area (Å²) in [6.07, 6.45) is 10.4. The van der Waals surface area contributed by atoms with Crippen molar-refractivity contribution in [1.29, 1.82) is 0 Å². The van der Waals surface area contributed by atoms with Crippen molar-refractivity contribution in [1.82, 2.24) is 5.32 Å². The number of ether oxygens (including phenoxy) is 1. The van der Waals surface area contributed by atoms with E-state index in [0.717, 1.165) is 35.6 Å². The van der Waals surface area contributed by atoms with Gasteiger partial charge < -0.3 is 10.1 Å². The highest BCUT2D eigenvalue weighted by Crippen LogP contribution is 2.61. The van der Waals surface area contributed by atoms with Crippen LogP contribution in [0, 0.1) is 23.2 Å². The summed E-state index contributed by atoms with van der Waals surface area (Å²) in [5.41, 5.74) is 1.57. The van der Waals surface area contributed by atoms with Gasteiger partial charge >= 0.3 is 0 Å². The van der Waals surface area contributed by atoms with E-state index in [9.17, 15) is 4.79 Å². The van der Waals surface area contributed by atoms with Gasteiger partial charge in [-0.1, -0.05) is 12.1 Å². The first-order valence-corrected chi connectivity index (χ1v) is 9.54. The van der Waals surface area contributed by atoms with Gasteiger partial charge in [-0.05, 0) is 85.8 Å². The van der Waals surface area contributed by atoms with Crippen molar-refractivity contribution in [2.75, 3.05) is 13.7 Å². The maximum atomic E-state index is 12.2. The molecule has 4 bridgehead atoms. The molecule has 4 saturated carbocycles. The lowest BCUT2D eigenvalue weighted by Gasteiger charge is -2.57. The molecule has 0 saturated heterocycles. The Hall–Kier alpha value is -1.51. The highest BCUT2D eigenvalue weighted by molar-refractivity contribution is 5.78. The first-order valence-electron chi connectivity index (χ1n) is 9.54. The Kier molecular flexibility index (Phi) is 4.28. The lowest BCUT2D eigenvalue weighted by molar-refractivity contribution is -0.120. The lowest BCUT2D eigenvalue weighted by atomic mass is 9.49. The molecule has 1 aromatic rings. The number of hydrogen-bond donors (Lipinski definition) is 1. The minimum Gasteiger partial charge on any atom is -0.497 e. The van der Waals surface area contributed by atoms with E-state index in [1.807, 2.05) is 24.3 Å². The Labute approximate surface area is 145 Å². The molecule has 3 nitrogen and oxygen atoms in total. The first-order chi connectivity index (χ1) is 11.6. The van der Waals surface area contributed by atoms with Gasteiger partial charge in [0, 0.05) is 6.54 Å². The fraction of sp³-hybridized carbons (Fsp3) is 0.667. The van der Waals surface area contributed by atoms with Gasteiger partial charge in [-0.3, -0.25) is 4.79 Å². The second kappa shape index (κ2) is 6.42. The molecule has 0 radical (unpaired) electrons. The minimum atomic E-state index is 0.132. The zero-order valence-electron chi connectivity index (χ0n) is 14.7. The molecule has 4 aliphatic carbocycles. The number of amides is 1. The van der Waals surface area contributed by atoms with Crippen LogP contribution in [0.25, 0.3) is 0 Å². The van der Waals surface area contributed by atoms with Gasteiger partial charge in [-0.15, -0.1) is 0 Å². The van der Waals surface area contributed by atoms with Crippen LogP contribution in [-0.4, -0.2) is 19.6 Å². The van der Waals surface area contributed by atoms with E-state index < -0.39 is 0 Å². The third-order valence-electron chi connectivity index (χ3n) is 6.64. The van der Waals surface area contributed by atoms with Gasteiger partial charge in [0.05, 0.1) is 13.5 Å². The molecule has 0 atom stereocenters. The molecule has 1 aromatic carbocycles. The topological polar surface area (TPSA) is 38.3 Å². The van der Waals surface area contributed by atoms with Crippen molar-refractivity contribution in [2.24, 2.45) is 23.2 Å². The summed E-state index contributed by atoms with van der Waals surface area (Å²) in [6, 6.07) is 7.78. The molecule has 4 fully saturated rings. The summed E-state index contributed by atoms with van der Waals surface area (Å²) in [4.78, 5) is 12.2. The van der Waals surface area contributed by atoms with Crippen LogP contribution in [0.15, 0.2) is 24.3 Å². The summed E-state index contributed by atoms with van der Waals surface area (Å²) in [5.74, 6) is 3.91. The molecule has 130 valence electrons. The van der Waals surface area contributed by atoms with Gasteiger partial charge in [0.15, 0.2) is 0 Å². The first kappa shape index (κ1) is 16.0.